The fraction of sp³-hybridized carbons (Fsp3) is 0. The Bertz CT molecular complexity index is 810. The van der Waals surface area contributed by atoms with E-state index in [4.69, 9.17) is 8.83 Å². The summed E-state index contributed by atoms with van der Waals surface area (Å²) in [5.41, 5.74) is 3.63. The molecule has 0 aliphatic heterocycles. The number of nitrogens with zero attached hydrogens (tertiary/aromatic N) is 4. The maximum absolute atomic E-state index is 5.34. The standard InChI is InChI=1S/C16H10N4O2/c1-3-7-13(15-19-17-9-21-15)11(5-1)12-6-2-4-8-14(12)16-20-18-10-22-16/h1-10H. The summed E-state index contributed by atoms with van der Waals surface area (Å²) in [6, 6.07) is 15.6. The highest BCUT2D eigenvalue weighted by Crippen LogP contribution is 2.36. The van der Waals surface area contributed by atoms with Gasteiger partial charge in [0.25, 0.3) is 0 Å². The van der Waals surface area contributed by atoms with Gasteiger partial charge in [-0.05, 0) is 23.3 Å². The first-order valence-corrected chi connectivity index (χ1v) is 6.65. The van der Waals surface area contributed by atoms with E-state index in [0.717, 1.165) is 22.3 Å². The average molecular weight is 290 g/mol. The highest BCUT2D eigenvalue weighted by Gasteiger charge is 2.16. The van der Waals surface area contributed by atoms with Crippen molar-refractivity contribution < 1.29 is 8.83 Å². The topological polar surface area (TPSA) is 77.8 Å². The van der Waals surface area contributed by atoms with E-state index in [1.54, 1.807) is 0 Å². The van der Waals surface area contributed by atoms with Crippen molar-refractivity contribution in [3.8, 4) is 34.0 Å². The van der Waals surface area contributed by atoms with Gasteiger partial charge in [-0.25, -0.2) is 0 Å². The molecule has 0 saturated carbocycles. The van der Waals surface area contributed by atoms with Crippen molar-refractivity contribution in [2.75, 3.05) is 0 Å². The van der Waals surface area contributed by atoms with Gasteiger partial charge in [-0.2, -0.15) is 0 Å². The fourth-order valence-corrected chi connectivity index (χ4v) is 2.39. The van der Waals surface area contributed by atoms with Crippen LogP contribution in [0.5, 0.6) is 0 Å². The molecule has 0 aliphatic rings. The molecular formula is C16H10N4O2. The van der Waals surface area contributed by atoms with Crippen LogP contribution in [0.3, 0.4) is 0 Å². The van der Waals surface area contributed by atoms with Gasteiger partial charge < -0.3 is 8.83 Å². The van der Waals surface area contributed by atoms with Crippen LogP contribution < -0.4 is 0 Å². The lowest BCUT2D eigenvalue weighted by molar-refractivity contribution is 0.568. The minimum atomic E-state index is 0.468. The Morgan fingerprint density at radius 3 is 1.32 bits per heavy atom. The molecule has 6 heteroatoms. The van der Waals surface area contributed by atoms with Gasteiger partial charge in [0.1, 0.15) is 0 Å². The predicted octanol–water partition coefficient (Wildman–Crippen LogP) is 3.45. The number of benzene rings is 2. The first-order chi connectivity index (χ1) is 10.9. The van der Waals surface area contributed by atoms with E-state index < -0.39 is 0 Å². The zero-order chi connectivity index (χ0) is 14.8. The van der Waals surface area contributed by atoms with Crippen LogP contribution in [0.1, 0.15) is 0 Å². The van der Waals surface area contributed by atoms with Crippen LogP contribution in [0.2, 0.25) is 0 Å². The summed E-state index contributed by atoms with van der Waals surface area (Å²) in [5, 5.41) is 15.5. The van der Waals surface area contributed by atoms with Crippen LogP contribution in [0.15, 0.2) is 70.2 Å². The van der Waals surface area contributed by atoms with E-state index in [1.165, 1.54) is 12.8 Å². The van der Waals surface area contributed by atoms with Gasteiger partial charge in [0.15, 0.2) is 0 Å². The van der Waals surface area contributed by atoms with Crippen LogP contribution in [-0.4, -0.2) is 20.4 Å². The minimum Gasteiger partial charge on any atom is -0.423 e. The van der Waals surface area contributed by atoms with Crippen molar-refractivity contribution in [2.24, 2.45) is 0 Å². The van der Waals surface area contributed by atoms with Crippen LogP contribution in [0.25, 0.3) is 34.0 Å². The second-order valence-corrected chi connectivity index (χ2v) is 4.58. The number of rotatable bonds is 3. The zero-order valence-corrected chi connectivity index (χ0v) is 11.4. The molecule has 4 aromatic rings. The molecule has 0 unspecified atom stereocenters. The second kappa shape index (κ2) is 5.25. The van der Waals surface area contributed by atoms with Crippen molar-refractivity contribution in [1.82, 2.24) is 20.4 Å². The number of aromatic nitrogens is 4. The molecule has 0 amide bonds. The Hall–Kier alpha value is -3.28. The summed E-state index contributed by atoms with van der Waals surface area (Å²) in [4.78, 5) is 0. The minimum absolute atomic E-state index is 0.468. The molecule has 0 fully saturated rings. The molecule has 6 nitrogen and oxygen atoms in total. The number of hydrogen-bond acceptors (Lipinski definition) is 6. The summed E-state index contributed by atoms with van der Waals surface area (Å²) in [6.45, 7) is 0. The van der Waals surface area contributed by atoms with Crippen molar-refractivity contribution in [3.05, 3.63) is 61.3 Å². The zero-order valence-electron chi connectivity index (χ0n) is 11.4. The largest absolute Gasteiger partial charge is 0.423 e. The molecule has 2 aromatic heterocycles. The Labute approximate surface area is 125 Å². The molecular weight excluding hydrogens is 280 g/mol. The monoisotopic (exact) mass is 290 g/mol. The molecule has 4 rings (SSSR count). The van der Waals surface area contributed by atoms with Gasteiger partial charge >= 0.3 is 0 Å². The predicted molar refractivity (Wildman–Crippen MR) is 78.5 cm³/mol. The van der Waals surface area contributed by atoms with E-state index >= 15 is 0 Å². The maximum atomic E-state index is 5.34. The lowest BCUT2D eigenvalue weighted by atomic mass is 9.95. The highest BCUT2D eigenvalue weighted by molar-refractivity contribution is 5.87. The summed E-state index contributed by atoms with van der Waals surface area (Å²) in [5.74, 6) is 0.937. The molecule has 0 atom stereocenters. The molecule has 2 aromatic carbocycles. The van der Waals surface area contributed by atoms with E-state index in [0.29, 0.717) is 11.8 Å². The quantitative estimate of drug-likeness (QED) is 0.575. The van der Waals surface area contributed by atoms with Crippen LogP contribution in [-0.2, 0) is 0 Å². The van der Waals surface area contributed by atoms with Crippen molar-refractivity contribution in [2.45, 2.75) is 0 Å². The summed E-state index contributed by atoms with van der Waals surface area (Å²) >= 11 is 0. The van der Waals surface area contributed by atoms with Crippen molar-refractivity contribution >= 4 is 0 Å². The van der Waals surface area contributed by atoms with E-state index in [-0.39, 0.29) is 0 Å². The van der Waals surface area contributed by atoms with Gasteiger partial charge in [0.05, 0.1) is 0 Å². The van der Waals surface area contributed by atoms with Gasteiger partial charge in [-0.3, -0.25) is 0 Å². The van der Waals surface area contributed by atoms with Crippen molar-refractivity contribution in [1.29, 1.82) is 0 Å². The normalized spacial score (nSPS) is 10.7. The molecule has 0 bridgehead atoms. The van der Waals surface area contributed by atoms with Crippen LogP contribution in [0.4, 0.5) is 0 Å². The van der Waals surface area contributed by atoms with Crippen LogP contribution >= 0.6 is 0 Å². The SMILES string of the molecule is c1ccc(-c2ccccc2-c2nnco2)c(-c2nnco2)c1. The Balaban J connectivity index is 1.95. The van der Waals surface area contributed by atoms with Crippen molar-refractivity contribution in [3.63, 3.8) is 0 Å². The Kier molecular flexibility index (Phi) is 2.97. The summed E-state index contributed by atoms with van der Waals surface area (Å²) < 4.78 is 10.7. The molecule has 0 radical (unpaired) electrons. The molecule has 0 saturated heterocycles. The lowest BCUT2D eigenvalue weighted by Crippen LogP contribution is -1.89. The fourth-order valence-electron chi connectivity index (χ4n) is 2.39. The van der Waals surface area contributed by atoms with Gasteiger partial charge in [0, 0.05) is 11.1 Å². The maximum Gasteiger partial charge on any atom is 0.248 e. The van der Waals surface area contributed by atoms with E-state index in [2.05, 4.69) is 20.4 Å². The van der Waals surface area contributed by atoms with E-state index in [9.17, 15) is 0 Å². The third kappa shape index (κ3) is 2.07. The Morgan fingerprint density at radius 1 is 0.545 bits per heavy atom. The van der Waals surface area contributed by atoms with Gasteiger partial charge in [0.2, 0.25) is 24.6 Å². The third-order valence-corrected chi connectivity index (χ3v) is 3.33. The molecule has 0 N–H and O–H groups in total. The van der Waals surface area contributed by atoms with Gasteiger partial charge in [-0.15, -0.1) is 20.4 Å². The first kappa shape index (κ1) is 12.5. The molecule has 0 aliphatic carbocycles. The smallest absolute Gasteiger partial charge is 0.248 e. The summed E-state index contributed by atoms with van der Waals surface area (Å²) in [7, 11) is 0. The highest BCUT2D eigenvalue weighted by atomic mass is 16.4. The first-order valence-electron chi connectivity index (χ1n) is 6.65. The van der Waals surface area contributed by atoms with Gasteiger partial charge in [-0.1, -0.05) is 36.4 Å². The average Bonchev–Trinajstić information content (AvgIpc) is 3.28. The molecule has 0 spiro atoms. The Morgan fingerprint density at radius 2 is 0.955 bits per heavy atom. The third-order valence-electron chi connectivity index (χ3n) is 3.33. The van der Waals surface area contributed by atoms with E-state index in [1.807, 2.05) is 48.5 Å². The summed E-state index contributed by atoms with van der Waals surface area (Å²) in [6.07, 6.45) is 2.63. The number of hydrogen-bond donors (Lipinski definition) is 0. The second-order valence-electron chi connectivity index (χ2n) is 4.58. The molecule has 2 heterocycles. The van der Waals surface area contributed by atoms with Crippen LogP contribution in [0, 0.1) is 0 Å². The lowest BCUT2D eigenvalue weighted by Gasteiger charge is -2.09. The molecule has 22 heavy (non-hydrogen) atoms. The molecule has 106 valence electrons.